The average molecular weight is 268 g/mol. The number of hydrogen-bond donors (Lipinski definition) is 2. The van der Waals surface area contributed by atoms with Crippen molar-refractivity contribution >= 4 is 5.91 Å². The van der Waals surface area contributed by atoms with Crippen molar-refractivity contribution in [2.75, 3.05) is 26.2 Å². The predicted molar refractivity (Wildman–Crippen MR) is 75.9 cm³/mol. The molecule has 0 aromatic heterocycles. The number of amides is 1. The first-order valence-corrected chi connectivity index (χ1v) is 7.92. The fraction of sp³-hybridized carbons (Fsp3) is 0.933. The third-order valence-corrected chi connectivity index (χ3v) is 4.54. The van der Waals surface area contributed by atoms with E-state index in [2.05, 4.69) is 5.32 Å². The SMILES string of the molecule is O=C(CC1CCCNC1)N(CCO)C1CCCCC1. The first-order valence-electron chi connectivity index (χ1n) is 7.92. The molecular formula is C15H28N2O2. The van der Waals surface area contributed by atoms with Gasteiger partial charge in [0.25, 0.3) is 0 Å². The van der Waals surface area contributed by atoms with Crippen LogP contribution in [0.2, 0.25) is 0 Å². The summed E-state index contributed by atoms with van der Waals surface area (Å²) in [6, 6.07) is 0.380. The molecule has 110 valence electrons. The van der Waals surface area contributed by atoms with Crippen LogP contribution in [0.4, 0.5) is 0 Å². The lowest BCUT2D eigenvalue weighted by Gasteiger charge is -2.35. The summed E-state index contributed by atoms with van der Waals surface area (Å²) in [5.74, 6) is 0.751. The van der Waals surface area contributed by atoms with Crippen molar-refractivity contribution in [3.05, 3.63) is 0 Å². The van der Waals surface area contributed by atoms with E-state index in [4.69, 9.17) is 0 Å². The molecule has 0 bridgehead atoms. The second kappa shape index (κ2) is 7.85. The number of aliphatic hydroxyl groups excluding tert-OH is 1. The van der Waals surface area contributed by atoms with Gasteiger partial charge in [-0.15, -0.1) is 0 Å². The number of hydrogen-bond acceptors (Lipinski definition) is 3. The zero-order chi connectivity index (χ0) is 13.5. The Morgan fingerprint density at radius 3 is 2.58 bits per heavy atom. The Hall–Kier alpha value is -0.610. The normalized spacial score (nSPS) is 25.2. The molecule has 1 saturated carbocycles. The molecule has 2 aliphatic rings. The van der Waals surface area contributed by atoms with Crippen LogP contribution in [-0.2, 0) is 4.79 Å². The van der Waals surface area contributed by atoms with Gasteiger partial charge in [-0.05, 0) is 44.7 Å². The van der Waals surface area contributed by atoms with E-state index >= 15 is 0 Å². The molecule has 1 atom stereocenters. The summed E-state index contributed by atoms with van der Waals surface area (Å²) in [6.07, 6.45) is 8.99. The summed E-state index contributed by atoms with van der Waals surface area (Å²) in [5, 5.41) is 12.6. The van der Waals surface area contributed by atoms with Gasteiger partial charge in [-0.1, -0.05) is 19.3 Å². The largest absolute Gasteiger partial charge is 0.395 e. The van der Waals surface area contributed by atoms with Gasteiger partial charge in [0.15, 0.2) is 0 Å². The van der Waals surface area contributed by atoms with Gasteiger partial charge in [-0.2, -0.15) is 0 Å². The van der Waals surface area contributed by atoms with Gasteiger partial charge in [-0.3, -0.25) is 4.79 Å². The van der Waals surface area contributed by atoms with Crippen LogP contribution in [0.25, 0.3) is 0 Å². The second-order valence-corrected chi connectivity index (χ2v) is 6.02. The molecule has 4 heteroatoms. The van der Waals surface area contributed by atoms with Crippen molar-refractivity contribution < 1.29 is 9.90 Å². The number of nitrogens with one attached hydrogen (secondary N) is 1. The maximum absolute atomic E-state index is 12.5. The van der Waals surface area contributed by atoms with Gasteiger partial charge in [0, 0.05) is 19.0 Å². The third kappa shape index (κ3) is 4.46. The summed E-state index contributed by atoms with van der Waals surface area (Å²) in [6.45, 7) is 2.67. The molecule has 2 N–H and O–H groups in total. The van der Waals surface area contributed by atoms with Crippen LogP contribution in [0.15, 0.2) is 0 Å². The van der Waals surface area contributed by atoms with Crippen LogP contribution < -0.4 is 5.32 Å². The third-order valence-electron chi connectivity index (χ3n) is 4.54. The van der Waals surface area contributed by atoms with Crippen LogP contribution in [0.1, 0.15) is 51.4 Å². The Morgan fingerprint density at radius 1 is 1.16 bits per heavy atom. The summed E-state index contributed by atoms with van der Waals surface area (Å²) in [4.78, 5) is 14.5. The average Bonchev–Trinajstić information content (AvgIpc) is 2.46. The van der Waals surface area contributed by atoms with Crippen LogP contribution in [0.3, 0.4) is 0 Å². The van der Waals surface area contributed by atoms with Crippen molar-refractivity contribution in [2.24, 2.45) is 5.92 Å². The quantitative estimate of drug-likeness (QED) is 0.795. The zero-order valence-electron chi connectivity index (χ0n) is 11.9. The highest BCUT2D eigenvalue weighted by molar-refractivity contribution is 5.76. The molecular weight excluding hydrogens is 240 g/mol. The van der Waals surface area contributed by atoms with E-state index in [-0.39, 0.29) is 12.5 Å². The van der Waals surface area contributed by atoms with Gasteiger partial charge in [-0.25, -0.2) is 0 Å². The van der Waals surface area contributed by atoms with E-state index in [9.17, 15) is 9.90 Å². The highest BCUT2D eigenvalue weighted by Gasteiger charge is 2.27. The Bertz CT molecular complexity index is 271. The molecule has 1 unspecified atom stereocenters. The maximum atomic E-state index is 12.5. The molecule has 1 aliphatic heterocycles. The van der Waals surface area contributed by atoms with Crippen molar-refractivity contribution in [1.82, 2.24) is 10.2 Å². The minimum absolute atomic E-state index is 0.0884. The fourth-order valence-corrected chi connectivity index (χ4v) is 3.47. The molecule has 0 aromatic carbocycles. The highest BCUT2D eigenvalue weighted by Crippen LogP contribution is 2.24. The van der Waals surface area contributed by atoms with Gasteiger partial charge >= 0.3 is 0 Å². The topological polar surface area (TPSA) is 52.6 Å². The lowest BCUT2D eigenvalue weighted by Crippen LogP contribution is -2.44. The molecule has 1 heterocycles. The van der Waals surface area contributed by atoms with Crippen molar-refractivity contribution in [2.45, 2.75) is 57.4 Å². The van der Waals surface area contributed by atoms with E-state index in [1.807, 2.05) is 4.90 Å². The lowest BCUT2D eigenvalue weighted by molar-refractivity contribution is -0.136. The van der Waals surface area contributed by atoms with E-state index < -0.39 is 0 Å². The maximum Gasteiger partial charge on any atom is 0.223 e. The summed E-state index contributed by atoms with van der Waals surface area (Å²) in [5.41, 5.74) is 0. The van der Waals surface area contributed by atoms with E-state index in [0.717, 1.165) is 32.4 Å². The molecule has 0 aromatic rings. The minimum atomic E-state index is 0.0884. The standard InChI is InChI=1S/C15H28N2O2/c18-10-9-17(14-6-2-1-3-7-14)15(19)11-13-5-4-8-16-12-13/h13-14,16,18H,1-12H2. The smallest absolute Gasteiger partial charge is 0.223 e. The summed E-state index contributed by atoms with van der Waals surface area (Å²) >= 11 is 0. The van der Waals surface area contributed by atoms with Gasteiger partial charge in [0.2, 0.25) is 5.91 Å². The number of carbonyl (C=O) groups excluding carboxylic acids is 1. The highest BCUT2D eigenvalue weighted by atomic mass is 16.3. The first-order chi connectivity index (χ1) is 9.31. The molecule has 0 spiro atoms. The number of nitrogens with zero attached hydrogens (tertiary/aromatic N) is 1. The lowest BCUT2D eigenvalue weighted by atomic mass is 9.92. The summed E-state index contributed by atoms with van der Waals surface area (Å²) in [7, 11) is 0. The van der Waals surface area contributed by atoms with Gasteiger partial charge in [0.1, 0.15) is 0 Å². The molecule has 19 heavy (non-hydrogen) atoms. The van der Waals surface area contributed by atoms with E-state index in [1.165, 1.54) is 25.7 Å². The number of piperidine rings is 1. The van der Waals surface area contributed by atoms with E-state index in [0.29, 0.717) is 24.9 Å². The molecule has 0 radical (unpaired) electrons. The molecule has 2 rings (SSSR count). The minimum Gasteiger partial charge on any atom is -0.395 e. The Kier molecular flexibility index (Phi) is 6.11. The van der Waals surface area contributed by atoms with Crippen molar-refractivity contribution in [3.63, 3.8) is 0 Å². The number of carbonyl (C=O) groups is 1. The number of aliphatic hydroxyl groups is 1. The molecule has 1 aliphatic carbocycles. The molecule has 2 fully saturated rings. The second-order valence-electron chi connectivity index (χ2n) is 6.02. The van der Waals surface area contributed by atoms with Crippen molar-refractivity contribution in [3.8, 4) is 0 Å². The Balaban J connectivity index is 1.87. The fourth-order valence-electron chi connectivity index (χ4n) is 3.47. The van der Waals surface area contributed by atoms with Crippen LogP contribution in [0.5, 0.6) is 0 Å². The molecule has 4 nitrogen and oxygen atoms in total. The monoisotopic (exact) mass is 268 g/mol. The van der Waals surface area contributed by atoms with Gasteiger partial charge < -0.3 is 15.3 Å². The number of rotatable bonds is 5. The predicted octanol–water partition coefficient (Wildman–Crippen LogP) is 1.53. The van der Waals surface area contributed by atoms with Crippen LogP contribution in [-0.4, -0.2) is 48.2 Å². The van der Waals surface area contributed by atoms with Crippen LogP contribution in [0, 0.1) is 5.92 Å². The molecule has 1 amide bonds. The van der Waals surface area contributed by atoms with Gasteiger partial charge in [0.05, 0.1) is 6.61 Å². The van der Waals surface area contributed by atoms with E-state index in [1.54, 1.807) is 0 Å². The Morgan fingerprint density at radius 2 is 1.95 bits per heavy atom. The Labute approximate surface area is 116 Å². The molecule has 1 saturated heterocycles. The summed E-state index contributed by atoms with van der Waals surface area (Å²) < 4.78 is 0. The first kappa shape index (κ1) is 14.8. The zero-order valence-corrected chi connectivity index (χ0v) is 11.9. The van der Waals surface area contributed by atoms with Crippen LogP contribution >= 0.6 is 0 Å². The van der Waals surface area contributed by atoms with Crippen molar-refractivity contribution in [1.29, 1.82) is 0 Å².